The summed E-state index contributed by atoms with van der Waals surface area (Å²) in [5.74, 6) is -0.179. The highest BCUT2D eigenvalue weighted by Gasteiger charge is 2.14. The van der Waals surface area contributed by atoms with Gasteiger partial charge in [0.15, 0.2) is 0 Å². The van der Waals surface area contributed by atoms with Crippen molar-refractivity contribution in [3.05, 3.63) is 64.8 Å². The minimum absolute atomic E-state index is 0.179. The van der Waals surface area contributed by atoms with Crippen molar-refractivity contribution < 1.29 is 4.79 Å². The van der Waals surface area contributed by atoms with Gasteiger partial charge < -0.3 is 11.1 Å². The van der Waals surface area contributed by atoms with Crippen molar-refractivity contribution in [3.8, 4) is 0 Å². The van der Waals surface area contributed by atoms with Crippen LogP contribution in [0.15, 0.2) is 42.5 Å². The highest BCUT2D eigenvalue weighted by Crippen LogP contribution is 2.24. The number of nitrogens with one attached hydrogen (secondary N) is 1. The molecule has 3 aromatic rings. The van der Waals surface area contributed by atoms with E-state index in [0.29, 0.717) is 16.9 Å². The van der Waals surface area contributed by atoms with Crippen LogP contribution in [-0.4, -0.2) is 10.9 Å². The molecule has 1 amide bonds. The third-order valence-corrected chi connectivity index (χ3v) is 4.01. The maximum atomic E-state index is 12.7. The number of fused-ring (bicyclic) bond motifs is 1. The van der Waals surface area contributed by atoms with Crippen LogP contribution in [-0.2, 0) is 0 Å². The molecule has 0 aliphatic heterocycles. The molecule has 0 radical (unpaired) electrons. The van der Waals surface area contributed by atoms with Crippen LogP contribution in [0.2, 0.25) is 0 Å². The number of hydrogen-bond donors (Lipinski definition) is 2. The molecule has 3 rings (SSSR count). The van der Waals surface area contributed by atoms with Gasteiger partial charge in [-0.05, 0) is 62.2 Å². The van der Waals surface area contributed by atoms with Crippen molar-refractivity contribution in [1.82, 2.24) is 4.98 Å². The largest absolute Gasteiger partial charge is 0.397 e. The molecule has 0 aliphatic rings. The van der Waals surface area contributed by atoms with E-state index in [4.69, 9.17) is 5.73 Å². The summed E-state index contributed by atoms with van der Waals surface area (Å²) in [6.45, 7) is 5.97. The van der Waals surface area contributed by atoms with Crippen molar-refractivity contribution in [3.63, 3.8) is 0 Å². The molecule has 23 heavy (non-hydrogen) atoms. The summed E-state index contributed by atoms with van der Waals surface area (Å²) in [6, 6.07) is 13.1. The number of benzene rings is 2. The van der Waals surface area contributed by atoms with Gasteiger partial charge in [0.05, 0.1) is 22.5 Å². The van der Waals surface area contributed by atoms with Crippen molar-refractivity contribution in [2.75, 3.05) is 11.1 Å². The van der Waals surface area contributed by atoms with Gasteiger partial charge in [-0.2, -0.15) is 0 Å². The van der Waals surface area contributed by atoms with Crippen LogP contribution in [0.1, 0.15) is 27.2 Å². The van der Waals surface area contributed by atoms with Crippen LogP contribution in [0.4, 0.5) is 11.4 Å². The van der Waals surface area contributed by atoms with Crippen LogP contribution in [0.5, 0.6) is 0 Å². The highest BCUT2D eigenvalue weighted by atomic mass is 16.1. The van der Waals surface area contributed by atoms with Gasteiger partial charge in [-0.3, -0.25) is 9.78 Å². The first-order chi connectivity index (χ1) is 11.0. The fraction of sp³-hybridized carbons (Fsp3) is 0.158. The number of aromatic nitrogens is 1. The fourth-order valence-corrected chi connectivity index (χ4v) is 2.61. The Morgan fingerprint density at radius 3 is 2.48 bits per heavy atom. The number of carbonyl (C=O) groups is 1. The number of aryl methyl sites for hydroxylation is 3. The monoisotopic (exact) mass is 305 g/mol. The molecule has 3 N–H and O–H groups in total. The summed E-state index contributed by atoms with van der Waals surface area (Å²) in [6.07, 6.45) is 0. The SMILES string of the molecule is Cc1cc(C(=O)Nc2ccccc2N)c2cc(C)c(C)cc2n1. The lowest BCUT2D eigenvalue weighted by molar-refractivity contribution is 0.102. The van der Waals surface area contributed by atoms with Crippen molar-refractivity contribution in [2.24, 2.45) is 0 Å². The molecule has 0 fully saturated rings. The van der Waals surface area contributed by atoms with E-state index in [2.05, 4.69) is 10.3 Å². The Kier molecular flexibility index (Phi) is 3.74. The van der Waals surface area contributed by atoms with E-state index in [1.54, 1.807) is 12.1 Å². The summed E-state index contributed by atoms with van der Waals surface area (Å²) in [4.78, 5) is 17.3. The van der Waals surface area contributed by atoms with E-state index in [0.717, 1.165) is 27.7 Å². The number of nitrogens with zero attached hydrogens (tertiary/aromatic N) is 1. The number of nitrogens with two attached hydrogens (primary N) is 1. The Balaban J connectivity index is 2.10. The zero-order valence-electron chi connectivity index (χ0n) is 13.5. The number of para-hydroxylation sites is 2. The van der Waals surface area contributed by atoms with E-state index in [9.17, 15) is 4.79 Å². The molecule has 2 aromatic carbocycles. The lowest BCUT2D eigenvalue weighted by atomic mass is 10.0. The van der Waals surface area contributed by atoms with Crippen LogP contribution < -0.4 is 11.1 Å². The Labute approximate surface area is 135 Å². The second-order valence-corrected chi connectivity index (χ2v) is 5.81. The molecule has 0 aliphatic carbocycles. The average molecular weight is 305 g/mol. The molecule has 1 heterocycles. The lowest BCUT2D eigenvalue weighted by Crippen LogP contribution is -2.14. The number of carbonyl (C=O) groups excluding carboxylic acids is 1. The zero-order chi connectivity index (χ0) is 16.6. The number of anilines is 2. The molecular weight excluding hydrogens is 286 g/mol. The molecule has 1 aromatic heterocycles. The first kappa shape index (κ1) is 15.0. The minimum Gasteiger partial charge on any atom is -0.397 e. The van der Waals surface area contributed by atoms with Crippen molar-refractivity contribution in [2.45, 2.75) is 20.8 Å². The topological polar surface area (TPSA) is 68.0 Å². The van der Waals surface area contributed by atoms with Gasteiger partial charge in [0.25, 0.3) is 5.91 Å². The normalized spacial score (nSPS) is 10.7. The number of amides is 1. The first-order valence-corrected chi connectivity index (χ1v) is 7.50. The van der Waals surface area contributed by atoms with Gasteiger partial charge in [-0.15, -0.1) is 0 Å². The van der Waals surface area contributed by atoms with E-state index >= 15 is 0 Å². The standard InChI is InChI=1S/C19H19N3O/c1-11-8-14-15(10-13(3)21-18(14)9-12(11)2)19(23)22-17-7-5-4-6-16(17)20/h4-10H,20H2,1-3H3,(H,22,23). The van der Waals surface area contributed by atoms with Crippen LogP contribution in [0.3, 0.4) is 0 Å². The molecule has 116 valence electrons. The number of rotatable bonds is 2. The fourth-order valence-electron chi connectivity index (χ4n) is 2.61. The molecule has 0 spiro atoms. The Morgan fingerprint density at radius 2 is 1.74 bits per heavy atom. The van der Waals surface area contributed by atoms with Gasteiger partial charge in [-0.25, -0.2) is 0 Å². The molecule has 0 bridgehead atoms. The second-order valence-electron chi connectivity index (χ2n) is 5.81. The zero-order valence-corrected chi connectivity index (χ0v) is 13.5. The summed E-state index contributed by atoms with van der Waals surface area (Å²) in [5.41, 5.74) is 11.6. The summed E-state index contributed by atoms with van der Waals surface area (Å²) in [5, 5.41) is 3.74. The number of pyridine rings is 1. The van der Waals surface area contributed by atoms with Gasteiger partial charge in [0, 0.05) is 11.1 Å². The highest BCUT2D eigenvalue weighted by molar-refractivity contribution is 6.13. The lowest BCUT2D eigenvalue weighted by Gasteiger charge is -2.12. The van der Waals surface area contributed by atoms with E-state index in [1.165, 1.54) is 0 Å². The Morgan fingerprint density at radius 1 is 1.04 bits per heavy atom. The second kappa shape index (κ2) is 5.72. The van der Waals surface area contributed by atoms with Crippen LogP contribution >= 0.6 is 0 Å². The summed E-state index contributed by atoms with van der Waals surface area (Å²) >= 11 is 0. The average Bonchev–Trinajstić information content (AvgIpc) is 2.50. The van der Waals surface area contributed by atoms with Crippen LogP contribution in [0.25, 0.3) is 10.9 Å². The smallest absolute Gasteiger partial charge is 0.256 e. The quantitative estimate of drug-likeness (QED) is 0.703. The Hall–Kier alpha value is -2.88. The maximum absolute atomic E-state index is 12.7. The van der Waals surface area contributed by atoms with Crippen LogP contribution in [0, 0.1) is 20.8 Å². The van der Waals surface area contributed by atoms with E-state index < -0.39 is 0 Å². The number of nitrogen functional groups attached to an aromatic ring is 1. The summed E-state index contributed by atoms with van der Waals surface area (Å²) in [7, 11) is 0. The van der Waals surface area contributed by atoms with Crippen molar-refractivity contribution >= 4 is 28.2 Å². The third kappa shape index (κ3) is 2.88. The van der Waals surface area contributed by atoms with E-state index in [1.807, 2.05) is 51.1 Å². The predicted molar refractivity (Wildman–Crippen MR) is 94.8 cm³/mol. The van der Waals surface area contributed by atoms with E-state index in [-0.39, 0.29) is 5.91 Å². The molecule has 0 saturated carbocycles. The molecule has 0 atom stereocenters. The first-order valence-electron chi connectivity index (χ1n) is 7.50. The van der Waals surface area contributed by atoms with Crippen molar-refractivity contribution in [1.29, 1.82) is 0 Å². The molecule has 4 heteroatoms. The number of hydrogen-bond acceptors (Lipinski definition) is 3. The van der Waals surface area contributed by atoms with Gasteiger partial charge in [-0.1, -0.05) is 12.1 Å². The predicted octanol–water partition coefficient (Wildman–Crippen LogP) is 3.99. The summed E-state index contributed by atoms with van der Waals surface area (Å²) < 4.78 is 0. The minimum atomic E-state index is -0.179. The molecular formula is C19H19N3O. The van der Waals surface area contributed by atoms with Gasteiger partial charge >= 0.3 is 0 Å². The third-order valence-electron chi connectivity index (χ3n) is 4.01. The van der Waals surface area contributed by atoms with Gasteiger partial charge in [0.2, 0.25) is 0 Å². The molecule has 4 nitrogen and oxygen atoms in total. The van der Waals surface area contributed by atoms with Gasteiger partial charge in [0.1, 0.15) is 0 Å². The Bertz CT molecular complexity index is 916. The maximum Gasteiger partial charge on any atom is 0.256 e. The molecule has 0 saturated heterocycles. The molecule has 0 unspecified atom stereocenters.